The summed E-state index contributed by atoms with van der Waals surface area (Å²) < 4.78 is 32.6. The SMILES string of the molecule is O=C(COC(=O)c1ccccc1Br)Nc1cccc(S(=O)(=O)N2CCCCC2)c1. The zero-order valence-corrected chi connectivity index (χ0v) is 18.0. The van der Waals surface area contributed by atoms with Crippen molar-refractivity contribution in [3.8, 4) is 0 Å². The normalized spacial score (nSPS) is 14.9. The molecule has 0 aromatic heterocycles. The largest absolute Gasteiger partial charge is 0.452 e. The van der Waals surface area contributed by atoms with E-state index in [1.165, 1.54) is 16.4 Å². The van der Waals surface area contributed by atoms with Gasteiger partial charge in [0.05, 0.1) is 10.5 Å². The van der Waals surface area contributed by atoms with Crippen molar-refractivity contribution in [2.45, 2.75) is 24.2 Å². The zero-order chi connectivity index (χ0) is 20.9. The predicted octanol–water partition coefficient (Wildman–Crippen LogP) is 3.42. The number of carbonyl (C=O) groups is 2. The molecule has 0 unspecified atom stereocenters. The Kier molecular flexibility index (Phi) is 7.05. The fourth-order valence-corrected chi connectivity index (χ4v) is 5.03. The summed E-state index contributed by atoms with van der Waals surface area (Å²) in [7, 11) is -3.60. The Bertz CT molecular complexity index is 1000. The lowest BCUT2D eigenvalue weighted by Crippen LogP contribution is -2.35. The monoisotopic (exact) mass is 480 g/mol. The third-order valence-electron chi connectivity index (χ3n) is 4.50. The van der Waals surface area contributed by atoms with E-state index < -0.39 is 28.5 Å². The fraction of sp³-hybridized carbons (Fsp3) is 0.300. The number of amides is 1. The van der Waals surface area contributed by atoms with Crippen LogP contribution in [0.25, 0.3) is 0 Å². The molecule has 0 bridgehead atoms. The van der Waals surface area contributed by atoms with Crippen LogP contribution in [0.15, 0.2) is 57.9 Å². The Balaban J connectivity index is 1.62. The van der Waals surface area contributed by atoms with Crippen molar-refractivity contribution in [3.05, 3.63) is 58.6 Å². The van der Waals surface area contributed by atoms with Crippen LogP contribution in [-0.4, -0.2) is 44.3 Å². The summed E-state index contributed by atoms with van der Waals surface area (Å²) in [4.78, 5) is 24.3. The van der Waals surface area contributed by atoms with Crippen LogP contribution in [0, 0.1) is 0 Å². The average Bonchev–Trinajstić information content (AvgIpc) is 2.73. The number of anilines is 1. The minimum atomic E-state index is -3.60. The van der Waals surface area contributed by atoms with Crippen molar-refractivity contribution in [2.24, 2.45) is 0 Å². The van der Waals surface area contributed by atoms with Gasteiger partial charge in [-0.3, -0.25) is 4.79 Å². The first kappa shape index (κ1) is 21.5. The molecule has 0 saturated carbocycles. The van der Waals surface area contributed by atoms with E-state index in [1.807, 2.05) is 0 Å². The Morgan fingerprint density at radius 1 is 1.03 bits per heavy atom. The summed E-state index contributed by atoms with van der Waals surface area (Å²) in [6.45, 7) is 0.525. The second-order valence-electron chi connectivity index (χ2n) is 6.60. The molecule has 2 aromatic rings. The first-order valence-electron chi connectivity index (χ1n) is 9.19. The van der Waals surface area contributed by atoms with E-state index in [0.717, 1.165) is 19.3 Å². The van der Waals surface area contributed by atoms with Crippen LogP contribution in [0.2, 0.25) is 0 Å². The predicted molar refractivity (Wildman–Crippen MR) is 112 cm³/mol. The maximum Gasteiger partial charge on any atom is 0.339 e. The van der Waals surface area contributed by atoms with Gasteiger partial charge >= 0.3 is 5.97 Å². The molecular weight excluding hydrogens is 460 g/mol. The Hall–Kier alpha value is -2.23. The molecule has 1 heterocycles. The molecule has 0 spiro atoms. The van der Waals surface area contributed by atoms with Gasteiger partial charge in [0, 0.05) is 23.2 Å². The maximum atomic E-state index is 12.8. The molecule has 0 aliphatic carbocycles. The number of nitrogens with zero attached hydrogens (tertiary/aromatic N) is 1. The summed E-state index contributed by atoms with van der Waals surface area (Å²) >= 11 is 3.25. The molecule has 0 radical (unpaired) electrons. The Morgan fingerprint density at radius 2 is 1.76 bits per heavy atom. The number of piperidine rings is 1. The molecule has 1 aliphatic heterocycles. The lowest BCUT2D eigenvalue weighted by atomic mass is 10.2. The molecule has 1 aliphatic rings. The number of esters is 1. The number of carbonyl (C=O) groups excluding carboxylic acids is 2. The molecule has 1 N–H and O–H groups in total. The molecule has 1 saturated heterocycles. The fourth-order valence-electron chi connectivity index (χ4n) is 3.02. The number of nitrogens with one attached hydrogen (secondary N) is 1. The minimum Gasteiger partial charge on any atom is -0.452 e. The smallest absolute Gasteiger partial charge is 0.339 e. The van der Waals surface area contributed by atoms with Gasteiger partial charge in [-0.1, -0.05) is 24.6 Å². The lowest BCUT2D eigenvalue weighted by molar-refractivity contribution is -0.119. The standard InChI is InChI=1S/C20H21BrN2O5S/c21-18-10-3-2-9-17(18)20(25)28-14-19(24)22-15-7-6-8-16(13-15)29(26,27)23-11-4-1-5-12-23/h2-3,6-10,13H,1,4-5,11-12,14H2,(H,22,24). The van der Waals surface area contributed by atoms with Crippen LogP contribution >= 0.6 is 15.9 Å². The average molecular weight is 481 g/mol. The van der Waals surface area contributed by atoms with E-state index in [-0.39, 0.29) is 4.90 Å². The van der Waals surface area contributed by atoms with Gasteiger partial charge < -0.3 is 10.1 Å². The Morgan fingerprint density at radius 3 is 2.48 bits per heavy atom. The van der Waals surface area contributed by atoms with Crippen molar-refractivity contribution in [3.63, 3.8) is 0 Å². The van der Waals surface area contributed by atoms with Gasteiger partial charge in [0.15, 0.2) is 6.61 Å². The number of benzene rings is 2. The van der Waals surface area contributed by atoms with Gasteiger partial charge in [0.25, 0.3) is 5.91 Å². The second kappa shape index (κ2) is 9.51. The number of hydrogen-bond acceptors (Lipinski definition) is 5. The summed E-state index contributed by atoms with van der Waals surface area (Å²) in [6, 6.07) is 12.8. The first-order chi connectivity index (χ1) is 13.9. The number of hydrogen-bond donors (Lipinski definition) is 1. The van der Waals surface area contributed by atoms with Gasteiger partial charge in [-0.05, 0) is 59.1 Å². The molecule has 3 rings (SSSR count). The minimum absolute atomic E-state index is 0.127. The number of halogens is 1. The van der Waals surface area contributed by atoms with Gasteiger partial charge in [-0.25, -0.2) is 13.2 Å². The molecule has 0 atom stereocenters. The van der Waals surface area contributed by atoms with Crippen LogP contribution in [0.5, 0.6) is 0 Å². The third kappa shape index (κ3) is 5.43. The van der Waals surface area contributed by atoms with Gasteiger partial charge in [-0.15, -0.1) is 0 Å². The molecule has 1 amide bonds. The van der Waals surface area contributed by atoms with Crippen LogP contribution in [0.4, 0.5) is 5.69 Å². The quantitative estimate of drug-likeness (QED) is 0.639. The first-order valence-corrected chi connectivity index (χ1v) is 11.4. The van der Waals surface area contributed by atoms with E-state index in [9.17, 15) is 18.0 Å². The van der Waals surface area contributed by atoms with Crippen molar-refractivity contribution in [1.29, 1.82) is 0 Å². The summed E-state index contributed by atoms with van der Waals surface area (Å²) in [6.07, 6.45) is 2.72. The molecule has 154 valence electrons. The number of ether oxygens (including phenoxy) is 1. The molecule has 2 aromatic carbocycles. The van der Waals surface area contributed by atoms with Crippen molar-refractivity contribution >= 4 is 43.5 Å². The molecule has 29 heavy (non-hydrogen) atoms. The van der Waals surface area contributed by atoms with Gasteiger partial charge in [0.1, 0.15) is 0 Å². The highest BCUT2D eigenvalue weighted by atomic mass is 79.9. The van der Waals surface area contributed by atoms with Crippen LogP contribution in [0.1, 0.15) is 29.6 Å². The highest BCUT2D eigenvalue weighted by Gasteiger charge is 2.26. The van der Waals surface area contributed by atoms with E-state index in [4.69, 9.17) is 4.74 Å². The van der Waals surface area contributed by atoms with E-state index in [2.05, 4.69) is 21.2 Å². The van der Waals surface area contributed by atoms with Crippen LogP contribution in [-0.2, 0) is 19.6 Å². The van der Waals surface area contributed by atoms with Gasteiger partial charge in [0.2, 0.25) is 10.0 Å². The van der Waals surface area contributed by atoms with Crippen molar-refractivity contribution in [1.82, 2.24) is 4.31 Å². The van der Waals surface area contributed by atoms with Crippen LogP contribution < -0.4 is 5.32 Å². The molecular formula is C20H21BrN2O5S. The summed E-state index contributed by atoms with van der Waals surface area (Å²) in [5, 5.41) is 2.57. The van der Waals surface area contributed by atoms with Crippen molar-refractivity contribution < 1.29 is 22.7 Å². The second-order valence-corrected chi connectivity index (χ2v) is 9.39. The molecule has 7 nitrogen and oxygen atoms in total. The number of sulfonamides is 1. The maximum absolute atomic E-state index is 12.8. The summed E-state index contributed by atoms with van der Waals surface area (Å²) in [5.74, 6) is -1.19. The van der Waals surface area contributed by atoms with E-state index in [0.29, 0.717) is 28.8 Å². The van der Waals surface area contributed by atoms with Crippen molar-refractivity contribution in [2.75, 3.05) is 25.0 Å². The number of rotatable bonds is 6. The third-order valence-corrected chi connectivity index (χ3v) is 7.08. The summed E-state index contributed by atoms with van der Waals surface area (Å²) in [5.41, 5.74) is 0.639. The zero-order valence-electron chi connectivity index (χ0n) is 15.6. The molecule has 1 fully saturated rings. The highest BCUT2D eigenvalue weighted by Crippen LogP contribution is 2.23. The van der Waals surface area contributed by atoms with E-state index in [1.54, 1.807) is 36.4 Å². The van der Waals surface area contributed by atoms with Gasteiger partial charge in [-0.2, -0.15) is 4.31 Å². The van der Waals surface area contributed by atoms with E-state index >= 15 is 0 Å². The highest BCUT2D eigenvalue weighted by molar-refractivity contribution is 9.10. The lowest BCUT2D eigenvalue weighted by Gasteiger charge is -2.26. The molecule has 9 heteroatoms. The Labute approximate surface area is 178 Å². The van der Waals surface area contributed by atoms with Crippen LogP contribution in [0.3, 0.4) is 0 Å². The topological polar surface area (TPSA) is 92.8 Å².